The zero-order valence-electron chi connectivity index (χ0n) is 19.8. The normalized spacial score (nSPS) is 21.5. The predicted molar refractivity (Wildman–Crippen MR) is 132 cm³/mol. The average Bonchev–Trinajstić information content (AvgIpc) is 2.91. The van der Waals surface area contributed by atoms with E-state index in [1.807, 2.05) is 35.2 Å². The number of benzene rings is 2. The summed E-state index contributed by atoms with van der Waals surface area (Å²) in [6.45, 7) is 3.06. The number of carbonyl (C=O) groups excluding carboxylic acids is 1. The third kappa shape index (κ3) is 4.08. The number of fused-ring (bicyclic) bond motifs is 4. The van der Waals surface area contributed by atoms with E-state index < -0.39 is 17.7 Å². The molecule has 2 unspecified atom stereocenters. The largest absolute Gasteiger partial charge is 0.416 e. The van der Waals surface area contributed by atoms with Gasteiger partial charge in [0.2, 0.25) is 5.91 Å². The molecule has 36 heavy (non-hydrogen) atoms. The highest BCUT2D eigenvalue weighted by molar-refractivity contribution is 5.83. The topological polar surface area (TPSA) is 39.7 Å². The maximum Gasteiger partial charge on any atom is 0.416 e. The van der Waals surface area contributed by atoms with Crippen LogP contribution in [-0.4, -0.2) is 48.0 Å². The Balaban J connectivity index is 1.34. The Hall–Kier alpha value is -3.55. The summed E-state index contributed by atoms with van der Waals surface area (Å²) in [4.78, 5) is 24.7. The summed E-state index contributed by atoms with van der Waals surface area (Å²) in [5.41, 5.74) is 3.14. The van der Waals surface area contributed by atoms with Gasteiger partial charge in [0.05, 0.1) is 17.5 Å². The molecule has 0 N–H and O–H groups in total. The summed E-state index contributed by atoms with van der Waals surface area (Å²) in [6, 6.07) is 17.8. The van der Waals surface area contributed by atoms with Crippen LogP contribution in [0, 0.1) is 5.92 Å². The van der Waals surface area contributed by atoms with Crippen LogP contribution in [0.15, 0.2) is 66.9 Å². The van der Waals surface area contributed by atoms with E-state index in [1.165, 1.54) is 11.6 Å². The Morgan fingerprint density at radius 1 is 0.917 bits per heavy atom. The molecule has 1 saturated heterocycles. The van der Waals surface area contributed by atoms with Crippen molar-refractivity contribution in [1.82, 2.24) is 9.88 Å². The fourth-order valence-corrected chi connectivity index (χ4v) is 5.95. The lowest BCUT2D eigenvalue weighted by Crippen LogP contribution is -2.61. The first-order chi connectivity index (χ1) is 17.4. The molecular formula is C28H27F3N4O. The summed E-state index contributed by atoms with van der Waals surface area (Å²) in [7, 11) is 0. The fraction of sp³-hybridized carbons (Fsp3) is 0.357. The van der Waals surface area contributed by atoms with Crippen molar-refractivity contribution in [2.24, 2.45) is 5.92 Å². The van der Waals surface area contributed by atoms with Crippen LogP contribution in [-0.2, 0) is 30.4 Å². The molecule has 0 bridgehead atoms. The second-order valence-corrected chi connectivity index (χ2v) is 9.83. The van der Waals surface area contributed by atoms with E-state index in [9.17, 15) is 18.0 Å². The second-order valence-electron chi connectivity index (χ2n) is 9.83. The van der Waals surface area contributed by atoms with Gasteiger partial charge >= 0.3 is 6.18 Å². The van der Waals surface area contributed by atoms with Crippen molar-refractivity contribution in [2.75, 3.05) is 36.0 Å². The number of anilines is 2. The van der Waals surface area contributed by atoms with Gasteiger partial charge in [0.15, 0.2) is 0 Å². The van der Waals surface area contributed by atoms with Crippen LogP contribution in [0.3, 0.4) is 0 Å². The standard InChI is InChI=1S/C28H27F3N4O/c29-28(30,31)22-8-9-24-21(15-22)16-23(27(36)34-12-10-19-5-1-2-6-20(19)17-34)25-18-33(13-14-35(24)25)26-7-3-4-11-32-26/h1-9,11,15,23,25H,10,12-14,16-18H2. The quantitative estimate of drug-likeness (QED) is 0.526. The maximum absolute atomic E-state index is 14.0. The van der Waals surface area contributed by atoms with Crippen LogP contribution in [0.1, 0.15) is 22.3 Å². The van der Waals surface area contributed by atoms with Crippen molar-refractivity contribution >= 4 is 17.4 Å². The molecule has 186 valence electrons. The van der Waals surface area contributed by atoms with Gasteiger partial charge in [-0.05, 0) is 59.9 Å². The molecule has 3 aromatic rings. The van der Waals surface area contributed by atoms with Crippen LogP contribution in [0.5, 0.6) is 0 Å². The van der Waals surface area contributed by atoms with E-state index in [2.05, 4.69) is 26.9 Å². The van der Waals surface area contributed by atoms with Crippen molar-refractivity contribution in [3.8, 4) is 0 Å². The molecule has 0 saturated carbocycles. The Bertz CT molecular complexity index is 1280. The SMILES string of the molecule is O=C(C1Cc2cc(C(F)(F)F)ccc2N2CCN(c3ccccn3)CC12)N1CCc2ccccc2C1. The molecular weight excluding hydrogens is 465 g/mol. The van der Waals surface area contributed by atoms with Crippen molar-refractivity contribution in [3.63, 3.8) is 0 Å². The first kappa shape index (κ1) is 22.9. The van der Waals surface area contributed by atoms with Crippen molar-refractivity contribution < 1.29 is 18.0 Å². The molecule has 4 heterocycles. The monoisotopic (exact) mass is 492 g/mol. The fourth-order valence-electron chi connectivity index (χ4n) is 5.95. The third-order valence-corrected chi connectivity index (χ3v) is 7.77. The van der Waals surface area contributed by atoms with E-state index in [4.69, 9.17) is 0 Å². The maximum atomic E-state index is 14.0. The molecule has 2 aromatic carbocycles. The molecule has 8 heteroatoms. The summed E-state index contributed by atoms with van der Waals surface area (Å²) in [5, 5.41) is 0. The first-order valence-electron chi connectivity index (χ1n) is 12.4. The molecule has 1 fully saturated rings. The Morgan fingerprint density at radius 3 is 2.50 bits per heavy atom. The molecule has 0 aliphatic carbocycles. The summed E-state index contributed by atoms with van der Waals surface area (Å²) >= 11 is 0. The predicted octanol–water partition coefficient (Wildman–Crippen LogP) is 4.55. The highest BCUT2D eigenvalue weighted by atomic mass is 19.4. The number of hydrogen-bond donors (Lipinski definition) is 0. The van der Waals surface area contributed by atoms with Crippen LogP contribution in [0.4, 0.5) is 24.7 Å². The molecule has 0 spiro atoms. The third-order valence-electron chi connectivity index (χ3n) is 7.77. The first-order valence-corrected chi connectivity index (χ1v) is 12.4. The lowest BCUT2D eigenvalue weighted by molar-refractivity contribution is -0.137. The minimum atomic E-state index is -4.42. The Labute approximate surface area is 208 Å². The highest BCUT2D eigenvalue weighted by Crippen LogP contribution is 2.41. The van der Waals surface area contributed by atoms with Crippen LogP contribution in [0.2, 0.25) is 0 Å². The summed E-state index contributed by atoms with van der Waals surface area (Å²) in [6.07, 6.45) is -1.57. The highest BCUT2D eigenvalue weighted by Gasteiger charge is 2.44. The summed E-state index contributed by atoms with van der Waals surface area (Å²) in [5.74, 6) is 0.441. The number of nitrogens with zero attached hydrogens (tertiary/aromatic N) is 4. The molecule has 6 rings (SSSR count). The van der Waals surface area contributed by atoms with E-state index in [0.717, 1.165) is 29.6 Å². The Kier molecular flexibility index (Phi) is 5.62. The molecule has 0 radical (unpaired) electrons. The second kappa shape index (κ2) is 8.84. The number of hydrogen-bond acceptors (Lipinski definition) is 4. The number of rotatable bonds is 2. The van der Waals surface area contributed by atoms with Gasteiger partial charge in [-0.15, -0.1) is 0 Å². The van der Waals surface area contributed by atoms with Gasteiger partial charge in [-0.25, -0.2) is 4.98 Å². The van der Waals surface area contributed by atoms with Gasteiger partial charge in [0.1, 0.15) is 5.82 Å². The number of pyridine rings is 1. The van der Waals surface area contributed by atoms with Gasteiger partial charge in [0.25, 0.3) is 0 Å². The minimum absolute atomic E-state index is 0.0189. The van der Waals surface area contributed by atoms with E-state index in [1.54, 1.807) is 12.3 Å². The number of carbonyl (C=O) groups is 1. The number of piperazine rings is 1. The van der Waals surface area contributed by atoms with Gasteiger partial charge in [0, 0.05) is 44.6 Å². The van der Waals surface area contributed by atoms with Crippen LogP contribution in [0.25, 0.3) is 0 Å². The molecule has 3 aliphatic heterocycles. The smallest absolute Gasteiger partial charge is 0.364 e. The lowest BCUT2D eigenvalue weighted by atomic mass is 9.82. The van der Waals surface area contributed by atoms with E-state index >= 15 is 0 Å². The van der Waals surface area contributed by atoms with Gasteiger partial charge in [-0.1, -0.05) is 30.3 Å². The number of aromatic nitrogens is 1. The summed E-state index contributed by atoms with van der Waals surface area (Å²) < 4.78 is 40.5. The van der Waals surface area contributed by atoms with Gasteiger partial charge < -0.3 is 14.7 Å². The van der Waals surface area contributed by atoms with Crippen molar-refractivity contribution in [3.05, 3.63) is 89.1 Å². The number of alkyl halides is 3. The lowest BCUT2D eigenvalue weighted by Gasteiger charge is -2.50. The van der Waals surface area contributed by atoms with Crippen molar-refractivity contribution in [1.29, 1.82) is 0 Å². The van der Waals surface area contributed by atoms with E-state index in [0.29, 0.717) is 44.7 Å². The molecule has 1 amide bonds. The Morgan fingerprint density at radius 2 is 1.72 bits per heavy atom. The zero-order valence-corrected chi connectivity index (χ0v) is 19.8. The van der Waals surface area contributed by atoms with Crippen LogP contribution >= 0.6 is 0 Å². The molecule has 3 aliphatic rings. The van der Waals surface area contributed by atoms with Crippen LogP contribution < -0.4 is 9.80 Å². The van der Waals surface area contributed by atoms with Gasteiger partial charge in [-0.2, -0.15) is 13.2 Å². The zero-order chi connectivity index (χ0) is 24.9. The number of amides is 1. The molecule has 2 atom stereocenters. The molecule has 1 aromatic heterocycles. The van der Waals surface area contributed by atoms with Crippen molar-refractivity contribution in [2.45, 2.75) is 31.6 Å². The van der Waals surface area contributed by atoms with E-state index in [-0.39, 0.29) is 11.9 Å². The molecule has 5 nitrogen and oxygen atoms in total. The van der Waals surface area contributed by atoms with Gasteiger partial charge in [-0.3, -0.25) is 4.79 Å². The minimum Gasteiger partial charge on any atom is -0.364 e. The number of halogens is 3. The average molecular weight is 493 g/mol.